The van der Waals surface area contributed by atoms with Crippen LogP contribution >= 0.6 is 0 Å². The molecule has 0 unspecified atom stereocenters. The molecule has 2 aromatic rings. The molecule has 0 bridgehead atoms. The van der Waals surface area contributed by atoms with Crippen molar-refractivity contribution in [2.24, 2.45) is 5.41 Å². The Kier molecular flexibility index (Phi) is 6.29. The average Bonchev–Trinajstić information content (AvgIpc) is 2.95. The third-order valence-electron chi connectivity index (χ3n) is 3.95. The minimum Gasteiger partial charge on any atom is -0.493 e. The van der Waals surface area contributed by atoms with E-state index in [2.05, 4.69) is 22.4 Å². The van der Waals surface area contributed by atoms with Gasteiger partial charge in [0.25, 0.3) is 0 Å². The molecule has 26 heavy (non-hydrogen) atoms. The summed E-state index contributed by atoms with van der Waals surface area (Å²) in [5.41, 5.74) is 3.15. The van der Waals surface area contributed by atoms with Gasteiger partial charge in [0, 0.05) is 12.0 Å². The van der Waals surface area contributed by atoms with Crippen LogP contribution < -0.4 is 14.8 Å². The molecule has 6 heteroatoms. The van der Waals surface area contributed by atoms with E-state index in [-0.39, 0.29) is 11.3 Å². The zero-order valence-electron chi connectivity index (χ0n) is 16.5. The number of ether oxygens (including phenoxy) is 2. The third kappa shape index (κ3) is 4.77. The minimum absolute atomic E-state index is 0.0158. The minimum atomic E-state index is -0.0811. The predicted octanol–water partition coefficient (Wildman–Crippen LogP) is 4.42. The molecule has 1 amide bonds. The van der Waals surface area contributed by atoms with Crippen LogP contribution in [0.5, 0.6) is 11.5 Å². The summed E-state index contributed by atoms with van der Waals surface area (Å²) in [6, 6.07) is 5.61. The Morgan fingerprint density at radius 2 is 1.88 bits per heavy atom. The Hall–Kier alpha value is -2.50. The van der Waals surface area contributed by atoms with Crippen molar-refractivity contribution >= 4 is 11.6 Å². The number of methoxy groups -OCH3 is 2. The lowest BCUT2D eigenvalue weighted by atomic mass is 9.92. The number of anilines is 1. The molecule has 1 aromatic heterocycles. The van der Waals surface area contributed by atoms with E-state index in [4.69, 9.17) is 9.47 Å². The van der Waals surface area contributed by atoms with Crippen molar-refractivity contribution in [1.82, 2.24) is 10.2 Å². The number of aromatic amines is 1. The van der Waals surface area contributed by atoms with Gasteiger partial charge in [-0.2, -0.15) is 5.10 Å². The highest BCUT2D eigenvalue weighted by atomic mass is 16.5. The van der Waals surface area contributed by atoms with Gasteiger partial charge in [0.15, 0.2) is 11.5 Å². The highest BCUT2D eigenvalue weighted by Crippen LogP contribution is 2.36. The van der Waals surface area contributed by atoms with Crippen LogP contribution in [0.25, 0.3) is 11.3 Å². The fraction of sp³-hybridized carbons (Fsp3) is 0.500. The predicted molar refractivity (Wildman–Crippen MR) is 104 cm³/mol. The normalized spacial score (nSPS) is 11.3. The summed E-state index contributed by atoms with van der Waals surface area (Å²) in [6.07, 6.45) is 2.20. The first-order valence-electron chi connectivity index (χ1n) is 8.88. The lowest BCUT2D eigenvalue weighted by Crippen LogP contribution is -2.20. The zero-order chi connectivity index (χ0) is 19.3. The number of nitrogens with one attached hydrogen (secondary N) is 2. The van der Waals surface area contributed by atoms with Gasteiger partial charge in [0.2, 0.25) is 5.91 Å². The van der Waals surface area contributed by atoms with Crippen molar-refractivity contribution in [2.45, 2.75) is 47.0 Å². The number of carbonyl (C=O) groups is 1. The molecule has 0 fully saturated rings. The van der Waals surface area contributed by atoms with Crippen molar-refractivity contribution < 1.29 is 14.3 Å². The van der Waals surface area contributed by atoms with E-state index in [0.29, 0.717) is 23.6 Å². The standard InChI is InChI=1S/C20H29N3O3/c1-7-8-14-19(21-17(24)12-20(2,3)4)18(23-22-14)13-9-10-15(25-5)16(11-13)26-6/h9-11H,7-8,12H2,1-6H3,(H,21,24)(H,22,23). The number of hydrogen-bond donors (Lipinski definition) is 2. The first kappa shape index (κ1) is 19.8. The van der Waals surface area contributed by atoms with E-state index in [9.17, 15) is 4.79 Å². The molecule has 142 valence electrons. The van der Waals surface area contributed by atoms with E-state index in [1.807, 2.05) is 39.0 Å². The van der Waals surface area contributed by atoms with Crippen LogP contribution in [-0.4, -0.2) is 30.3 Å². The lowest BCUT2D eigenvalue weighted by Gasteiger charge is -2.18. The Bertz CT molecular complexity index is 760. The third-order valence-corrected chi connectivity index (χ3v) is 3.95. The van der Waals surface area contributed by atoms with E-state index in [0.717, 1.165) is 29.8 Å². The first-order valence-corrected chi connectivity index (χ1v) is 8.88. The number of H-pyrrole nitrogens is 1. The number of carbonyl (C=O) groups excluding carboxylic acids is 1. The number of aromatic nitrogens is 2. The van der Waals surface area contributed by atoms with Gasteiger partial charge in [0.05, 0.1) is 25.6 Å². The molecule has 2 N–H and O–H groups in total. The van der Waals surface area contributed by atoms with Gasteiger partial charge in [-0.05, 0) is 30.0 Å². The van der Waals surface area contributed by atoms with Crippen molar-refractivity contribution in [3.63, 3.8) is 0 Å². The van der Waals surface area contributed by atoms with Crippen LogP contribution in [0.4, 0.5) is 5.69 Å². The smallest absolute Gasteiger partial charge is 0.225 e. The van der Waals surface area contributed by atoms with Crippen molar-refractivity contribution in [3.8, 4) is 22.8 Å². The Balaban J connectivity index is 2.41. The molecule has 0 saturated heterocycles. The van der Waals surface area contributed by atoms with Crippen LogP contribution in [0.2, 0.25) is 0 Å². The van der Waals surface area contributed by atoms with Gasteiger partial charge in [-0.25, -0.2) is 0 Å². The second-order valence-corrected chi connectivity index (χ2v) is 7.53. The molecule has 1 heterocycles. The highest BCUT2D eigenvalue weighted by molar-refractivity contribution is 5.96. The van der Waals surface area contributed by atoms with E-state index >= 15 is 0 Å². The van der Waals surface area contributed by atoms with Gasteiger partial charge in [0.1, 0.15) is 5.69 Å². The summed E-state index contributed by atoms with van der Waals surface area (Å²) in [6.45, 7) is 8.23. The summed E-state index contributed by atoms with van der Waals surface area (Å²) in [4.78, 5) is 12.5. The van der Waals surface area contributed by atoms with Gasteiger partial charge in [-0.3, -0.25) is 9.89 Å². The van der Waals surface area contributed by atoms with Gasteiger partial charge in [-0.1, -0.05) is 34.1 Å². The first-order chi connectivity index (χ1) is 12.3. The molecule has 0 atom stereocenters. The van der Waals surface area contributed by atoms with Crippen molar-refractivity contribution in [3.05, 3.63) is 23.9 Å². The highest BCUT2D eigenvalue weighted by Gasteiger charge is 2.21. The maximum absolute atomic E-state index is 12.5. The van der Waals surface area contributed by atoms with Crippen LogP contribution in [0, 0.1) is 5.41 Å². The maximum atomic E-state index is 12.5. The van der Waals surface area contributed by atoms with E-state index < -0.39 is 0 Å². The zero-order valence-corrected chi connectivity index (χ0v) is 16.5. The van der Waals surface area contributed by atoms with Gasteiger partial charge in [-0.15, -0.1) is 0 Å². The molecule has 0 radical (unpaired) electrons. The summed E-state index contributed by atoms with van der Waals surface area (Å²) in [7, 11) is 3.20. The molecule has 0 aliphatic carbocycles. The Morgan fingerprint density at radius 3 is 2.46 bits per heavy atom. The van der Waals surface area contributed by atoms with E-state index in [1.165, 1.54) is 0 Å². The maximum Gasteiger partial charge on any atom is 0.225 e. The number of amides is 1. The van der Waals surface area contributed by atoms with Crippen LogP contribution in [-0.2, 0) is 11.2 Å². The molecule has 0 saturated carbocycles. The molecular weight excluding hydrogens is 330 g/mol. The number of rotatable bonds is 7. The molecule has 0 aliphatic rings. The van der Waals surface area contributed by atoms with Crippen LogP contribution in [0.1, 0.15) is 46.2 Å². The average molecular weight is 359 g/mol. The summed E-state index contributed by atoms with van der Waals surface area (Å²) in [5.74, 6) is 1.26. The summed E-state index contributed by atoms with van der Waals surface area (Å²) < 4.78 is 10.7. The number of nitrogens with zero attached hydrogens (tertiary/aromatic N) is 1. The Labute approximate surface area is 155 Å². The lowest BCUT2D eigenvalue weighted by molar-refractivity contribution is -0.117. The van der Waals surface area contributed by atoms with Crippen LogP contribution in [0.3, 0.4) is 0 Å². The van der Waals surface area contributed by atoms with Gasteiger partial charge >= 0.3 is 0 Å². The second-order valence-electron chi connectivity index (χ2n) is 7.53. The summed E-state index contributed by atoms with van der Waals surface area (Å²) in [5, 5.41) is 10.6. The topological polar surface area (TPSA) is 76.2 Å². The number of benzene rings is 1. The monoisotopic (exact) mass is 359 g/mol. The molecule has 0 spiro atoms. The largest absolute Gasteiger partial charge is 0.493 e. The second kappa shape index (κ2) is 8.25. The van der Waals surface area contributed by atoms with Crippen molar-refractivity contribution in [1.29, 1.82) is 0 Å². The number of aryl methyl sites for hydroxylation is 1. The number of hydrogen-bond acceptors (Lipinski definition) is 4. The molecule has 2 rings (SSSR count). The summed E-state index contributed by atoms with van der Waals surface area (Å²) >= 11 is 0. The molecule has 6 nitrogen and oxygen atoms in total. The Morgan fingerprint density at radius 1 is 1.19 bits per heavy atom. The molecule has 1 aromatic carbocycles. The quantitative estimate of drug-likeness (QED) is 0.767. The fourth-order valence-electron chi connectivity index (χ4n) is 2.80. The van der Waals surface area contributed by atoms with Crippen LogP contribution in [0.15, 0.2) is 18.2 Å². The van der Waals surface area contributed by atoms with Gasteiger partial charge < -0.3 is 14.8 Å². The van der Waals surface area contributed by atoms with E-state index in [1.54, 1.807) is 14.2 Å². The molecular formula is C20H29N3O3. The fourth-order valence-corrected chi connectivity index (χ4v) is 2.80. The SMILES string of the molecule is CCCc1[nH]nc(-c2ccc(OC)c(OC)c2)c1NC(=O)CC(C)(C)C. The van der Waals surface area contributed by atoms with Crippen molar-refractivity contribution in [2.75, 3.05) is 19.5 Å². The molecule has 0 aliphatic heterocycles.